The number of thiophene rings is 1. The largest absolute Gasteiger partial charge is 0.344 e. The van der Waals surface area contributed by atoms with Crippen molar-refractivity contribution < 1.29 is 0 Å². The number of rotatable bonds is 5. The lowest BCUT2D eigenvalue weighted by Crippen LogP contribution is -2.22. The second kappa shape index (κ2) is 6.26. The predicted molar refractivity (Wildman–Crippen MR) is 80.0 cm³/mol. The maximum Gasteiger partial charge on any atom is 0.225 e. The molecule has 4 nitrogen and oxygen atoms in total. The average molecular weight is 327 g/mol. The van der Waals surface area contributed by atoms with Crippen LogP contribution in [0.1, 0.15) is 6.42 Å². The average Bonchev–Trinajstić information content (AvgIpc) is 2.83. The van der Waals surface area contributed by atoms with Crippen LogP contribution in [0, 0.1) is 0 Å². The Morgan fingerprint density at radius 1 is 1.33 bits per heavy atom. The summed E-state index contributed by atoms with van der Waals surface area (Å²) in [6.07, 6.45) is 4.67. The molecule has 0 radical (unpaired) electrons. The molecule has 6 heteroatoms. The van der Waals surface area contributed by atoms with Crippen LogP contribution in [0.4, 0.5) is 5.95 Å². The maximum atomic E-state index is 5.49. The van der Waals surface area contributed by atoms with Crippen molar-refractivity contribution in [3.63, 3.8) is 0 Å². The van der Waals surface area contributed by atoms with E-state index in [0.29, 0.717) is 6.54 Å². The summed E-state index contributed by atoms with van der Waals surface area (Å²) in [6.45, 7) is 1.56. The minimum absolute atomic E-state index is 0.686. The Hall–Kier alpha value is -0.980. The lowest BCUT2D eigenvalue weighted by atomic mass is 10.3. The SMILES string of the molecule is CN(CCCN)c1ncc(-c2ccc(Br)s2)cn1. The third-order valence-corrected chi connectivity index (χ3v) is 4.21. The van der Waals surface area contributed by atoms with Gasteiger partial charge in [0.2, 0.25) is 5.95 Å². The molecule has 0 aliphatic rings. The number of hydrogen-bond acceptors (Lipinski definition) is 5. The summed E-state index contributed by atoms with van der Waals surface area (Å²) < 4.78 is 1.11. The number of aromatic nitrogens is 2. The Balaban J connectivity index is 2.10. The van der Waals surface area contributed by atoms with Gasteiger partial charge in [-0.1, -0.05) is 0 Å². The molecule has 0 bridgehead atoms. The Morgan fingerprint density at radius 2 is 2.06 bits per heavy atom. The first kappa shape index (κ1) is 13.5. The monoisotopic (exact) mass is 326 g/mol. The quantitative estimate of drug-likeness (QED) is 0.917. The van der Waals surface area contributed by atoms with E-state index < -0.39 is 0 Å². The van der Waals surface area contributed by atoms with Gasteiger partial charge in [0.1, 0.15) is 0 Å². The normalized spacial score (nSPS) is 10.6. The van der Waals surface area contributed by atoms with E-state index in [4.69, 9.17) is 5.73 Å². The van der Waals surface area contributed by atoms with E-state index in [2.05, 4.69) is 32.0 Å². The van der Waals surface area contributed by atoms with Crippen LogP contribution >= 0.6 is 27.3 Å². The highest BCUT2D eigenvalue weighted by molar-refractivity contribution is 9.11. The fourth-order valence-corrected chi connectivity index (χ4v) is 2.90. The standard InChI is InChI=1S/C12H15BrN4S/c1-17(6-2-5-14)12-15-7-9(8-16-12)10-3-4-11(13)18-10/h3-4,7-8H,2,5-6,14H2,1H3. The molecule has 0 fully saturated rings. The molecule has 0 atom stereocenters. The summed E-state index contributed by atoms with van der Waals surface area (Å²) in [5.41, 5.74) is 6.53. The molecular formula is C12H15BrN4S. The van der Waals surface area contributed by atoms with Crippen LogP contribution in [0.3, 0.4) is 0 Å². The second-order valence-corrected chi connectivity index (χ2v) is 6.40. The molecule has 0 spiro atoms. The molecular weight excluding hydrogens is 312 g/mol. The zero-order valence-corrected chi connectivity index (χ0v) is 12.5. The highest BCUT2D eigenvalue weighted by Gasteiger charge is 2.06. The summed E-state index contributed by atoms with van der Waals surface area (Å²) in [5, 5.41) is 0. The Morgan fingerprint density at radius 3 is 2.61 bits per heavy atom. The molecule has 0 aliphatic carbocycles. The van der Waals surface area contributed by atoms with Crippen molar-refractivity contribution in [1.82, 2.24) is 9.97 Å². The van der Waals surface area contributed by atoms with Crippen molar-refractivity contribution in [1.29, 1.82) is 0 Å². The van der Waals surface area contributed by atoms with Crippen molar-refractivity contribution in [3.8, 4) is 10.4 Å². The Kier molecular flexibility index (Phi) is 4.68. The van der Waals surface area contributed by atoms with Crippen LogP contribution in [0.2, 0.25) is 0 Å². The first-order chi connectivity index (χ1) is 8.70. The van der Waals surface area contributed by atoms with Crippen LogP contribution in [-0.2, 0) is 0 Å². The van der Waals surface area contributed by atoms with E-state index in [1.54, 1.807) is 11.3 Å². The number of nitrogens with zero attached hydrogens (tertiary/aromatic N) is 3. The maximum absolute atomic E-state index is 5.49. The molecule has 0 amide bonds. The van der Waals surface area contributed by atoms with Gasteiger partial charge in [-0.3, -0.25) is 0 Å². The fourth-order valence-electron chi connectivity index (χ4n) is 1.54. The van der Waals surface area contributed by atoms with Gasteiger partial charge in [0, 0.05) is 36.4 Å². The van der Waals surface area contributed by atoms with Crippen molar-refractivity contribution in [3.05, 3.63) is 28.3 Å². The van der Waals surface area contributed by atoms with Crippen LogP contribution in [0.25, 0.3) is 10.4 Å². The molecule has 0 aliphatic heterocycles. The number of anilines is 1. The zero-order chi connectivity index (χ0) is 13.0. The van der Waals surface area contributed by atoms with Gasteiger partial charge < -0.3 is 10.6 Å². The van der Waals surface area contributed by atoms with Crippen molar-refractivity contribution >= 4 is 33.2 Å². The summed E-state index contributed by atoms with van der Waals surface area (Å²) in [6, 6.07) is 4.09. The second-order valence-electron chi connectivity index (χ2n) is 3.94. The van der Waals surface area contributed by atoms with Crippen LogP contribution in [0.15, 0.2) is 28.3 Å². The molecule has 96 valence electrons. The number of hydrogen-bond donors (Lipinski definition) is 1. The zero-order valence-electron chi connectivity index (χ0n) is 10.1. The fraction of sp³-hybridized carbons (Fsp3) is 0.333. The summed E-state index contributed by atoms with van der Waals surface area (Å²) in [5.74, 6) is 0.739. The molecule has 2 N–H and O–H groups in total. The van der Waals surface area contributed by atoms with Crippen molar-refractivity contribution in [2.24, 2.45) is 5.73 Å². The van der Waals surface area contributed by atoms with Crippen LogP contribution in [-0.4, -0.2) is 30.1 Å². The predicted octanol–water partition coefficient (Wildman–Crippen LogP) is 2.75. The van der Waals surface area contributed by atoms with Gasteiger partial charge >= 0.3 is 0 Å². The van der Waals surface area contributed by atoms with Gasteiger partial charge in [0.25, 0.3) is 0 Å². The van der Waals surface area contributed by atoms with Crippen LogP contribution in [0.5, 0.6) is 0 Å². The number of halogens is 1. The lowest BCUT2D eigenvalue weighted by Gasteiger charge is -2.16. The smallest absolute Gasteiger partial charge is 0.225 e. The molecule has 0 saturated heterocycles. The van der Waals surface area contributed by atoms with Gasteiger partial charge in [-0.05, 0) is 41.0 Å². The minimum atomic E-state index is 0.686. The summed E-state index contributed by atoms with van der Waals surface area (Å²) in [4.78, 5) is 11.9. The highest BCUT2D eigenvalue weighted by Crippen LogP contribution is 2.30. The first-order valence-corrected chi connectivity index (χ1v) is 7.30. The molecule has 2 aromatic heterocycles. The van der Waals surface area contributed by atoms with Gasteiger partial charge in [0.15, 0.2) is 0 Å². The van der Waals surface area contributed by atoms with Crippen LogP contribution < -0.4 is 10.6 Å². The van der Waals surface area contributed by atoms with Crippen molar-refractivity contribution in [2.45, 2.75) is 6.42 Å². The van der Waals surface area contributed by atoms with E-state index in [0.717, 1.165) is 33.1 Å². The molecule has 18 heavy (non-hydrogen) atoms. The minimum Gasteiger partial charge on any atom is -0.344 e. The Labute approximate surface area is 119 Å². The van der Waals surface area contributed by atoms with E-state index in [9.17, 15) is 0 Å². The summed E-state index contributed by atoms with van der Waals surface area (Å²) >= 11 is 5.13. The molecule has 2 heterocycles. The van der Waals surface area contributed by atoms with Gasteiger partial charge in [-0.25, -0.2) is 9.97 Å². The van der Waals surface area contributed by atoms with Gasteiger partial charge in [0.05, 0.1) is 3.79 Å². The van der Waals surface area contributed by atoms with E-state index in [-0.39, 0.29) is 0 Å². The molecule has 0 saturated carbocycles. The van der Waals surface area contributed by atoms with Gasteiger partial charge in [-0.2, -0.15) is 0 Å². The topological polar surface area (TPSA) is 55.0 Å². The third kappa shape index (κ3) is 3.28. The van der Waals surface area contributed by atoms with E-state index in [1.807, 2.05) is 30.4 Å². The van der Waals surface area contributed by atoms with E-state index in [1.165, 1.54) is 0 Å². The lowest BCUT2D eigenvalue weighted by molar-refractivity contribution is 0.775. The molecule has 2 aromatic rings. The molecule has 2 rings (SSSR count). The highest BCUT2D eigenvalue weighted by atomic mass is 79.9. The molecule has 0 aromatic carbocycles. The Bertz CT molecular complexity index is 497. The molecule has 0 unspecified atom stereocenters. The third-order valence-electron chi connectivity index (χ3n) is 2.53. The van der Waals surface area contributed by atoms with Crippen molar-refractivity contribution in [2.75, 3.05) is 25.0 Å². The number of nitrogens with two attached hydrogens (primary N) is 1. The van der Waals surface area contributed by atoms with Gasteiger partial charge in [-0.15, -0.1) is 11.3 Å². The first-order valence-electron chi connectivity index (χ1n) is 5.69. The summed E-state index contributed by atoms with van der Waals surface area (Å²) in [7, 11) is 1.98. The van der Waals surface area contributed by atoms with E-state index >= 15 is 0 Å².